The number of amides is 1. The van der Waals surface area contributed by atoms with Gasteiger partial charge in [-0.25, -0.2) is 0 Å². The Labute approximate surface area is 157 Å². The van der Waals surface area contributed by atoms with Crippen LogP contribution in [0, 0.1) is 0 Å². The molecule has 1 fully saturated rings. The van der Waals surface area contributed by atoms with Crippen LogP contribution in [0.3, 0.4) is 0 Å². The van der Waals surface area contributed by atoms with Crippen molar-refractivity contribution in [3.05, 3.63) is 35.4 Å². The largest absolute Gasteiger partial charge is 0.357 e. The highest BCUT2D eigenvalue weighted by atomic mass is 16.2. The Bertz CT molecular complexity index is 622. The highest BCUT2D eigenvalue weighted by Crippen LogP contribution is 2.19. The summed E-state index contributed by atoms with van der Waals surface area (Å²) in [5.41, 5.74) is 2.68. The van der Waals surface area contributed by atoms with Gasteiger partial charge in [0.1, 0.15) is 0 Å². The van der Waals surface area contributed by atoms with Crippen LogP contribution in [0.5, 0.6) is 0 Å². The number of rotatable bonds is 6. The molecule has 0 radical (unpaired) electrons. The molecule has 1 amide bonds. The monoisotopic (exact) mass is 356 g/mol. The number of fused-ring (bicyclic) bond motifs is 1. The van der Waals surface area contributed by atoms with Crippen molar-refractivity contribution in [1.29, 1.82) is 0 Å². The number of carbonyl (C=O) groups is 1. The second kappa shape index (κ2) is 9.60. The first kappa shape index (κ1) is 18.7. The van der Waals surface area contributed by atoms with E-state index in [2.05, 4.69) is 46.8 Å². The Kier molecular flexibility index (Phi) is 6.92. The topological polar surface area (TPSA) is 56.7 Å². The number of benzene rings is 1. The quantitative estimate of drug-likeness (QED) is 0.468. The summed E-state index contributed by atoms with van der Waals surface area (Å²) in [6, 6.07) is 9.00. The molecule has 0 aromatic heterocycles. The molecule has 0 spiro atoms. The average molecular weight is 357 g/mol. The first-order valence-corrected chi connectivity index (χ1v) is 10.2. The smallest absolute Gasteiger partial charge is 0.222 e. The fourth-order valence-electron chi connectivity index (χ4n) is 3.87. The zero-order valence-corrected chi connectivity index (χ0v) is 16.0. The molecule has 26 heavy (non-hydrogen) atoms. The van der Waals surface area contributed by atoms with E-state index in [1.54, 1.807) is 0 Å². The van der Waals surface area contributed by atoms with Crippen molar-refractivity contribution in [1.82, 2.24) is 15.5 Å². The molecule has 1 heterocycles. The number of nitrogens with one attached hydrogen (secondary N) is 2. The molecule has 0 saturated heterocycles. The summed E-state index contributed by atoms with van der Waals surface area (Å²) in [6.07, 6.45) is 7.44. The lowest BCUT2D eigenvalue weighted by Crippen LogP contribution is -2.42. The SMILES string of the molecule is CCNC(=NCCCC(=O)N1CCc2ccccc2C1)NC1CCCC1. The van der Waals surface area contributed by atoms with Gasteiger partial charge in [0, 0.05) is 38.6 Å². The summed E-state index contributed by atoms with van der Waals surface area (Å²) in [5.74, 6) is 1.15. The molecule has 1 aromatic carbocycles. The molecule has 5 heteroatoms. The first-order chi connectivity index (χ1) is 12.8. The third-order valence-corrected chi connectivity index (χ3v) is 5.34. The van der Waals surface area contributed by atoms with Crippen molar-refractivity contribution in [2.24, 2.45) is 4.99 Å². The third kappa shape index (κ3) is 5.23. The summed E-state index contributed by atoms with van der Waals surface area (Å²) < 4.78 is 0. The molecule has 1 aliphatic carbocycles. The predicted octanol–water partition coefficient (Wildman–Crippen LogP) is 2.85. The fourth-order valence-corrected chi connectivity index (χ4v) is 3.87. The van der Waals surface area contributed by atoms with Crippen molar-refractivity contribution in [3.8, 4) is 0 Å². The Morgan fingerprint density at radius 2 is 2.00 bits per heavy atom. The van der Waals surface area contributed by atoms with E-state index < -0.39 is 0 Å². The van der Waals surface area contributed by atoms with E-state index in [-0.39, 0.29) is 5.91 Å². The lowest BCUT2D eigenvalue weighted by atomic mass is 9.99. The van der Waals surface area contributed by atoms with Crippen LogP contribution in [0.2, 0.25) is 0 Å². The van der Waals surface area contributed by atoms with Gasteiger partial charge in [-0.2, -0.15) is 0 Å². The van der Waals surface area contributed by atoms with Gasteiger partial charge in [-0.05, 0) is 43.7 Å². The molecule has 2 N–H and O–H groups in total. The molecule has 0 bridgehead atoms. The zero-order valence-electron chi connectivity index (χ0n) is 16.0. The standard InChI is InChI=1S/C21H32N4O/c1-2-22-21(24-19-10-5-6-11-19)23-14-7-12-20(26)25-15-13-17-8-3-4-9-18(17)16-25/h3-4,8-9,19H,2,5-7,10-16H2,1H3,(H2,22,23,24). The van der Waals surface area contributed by atoms with Crippen LogP contribution >= 0.6 is 0 Å². The molecule has 0 unspecified atom stereocenters. The second-order valence-corrected chi connectivity index (χ2v) is 7.32. The molecule has 1 aromatic rings. The molecule has 2 aliphatic rings. The number of carbonyl (C=O) groups excluding carboxylic acids is 1. The van der Waals surface area contributed by atoms with Gasteiger partial charge in [0.05, 0.1) is 0 Å². The van der Waals surface area contributed by atoms with E-state index in [4.69, 9.17) is 0 Å². The van der Waals surface area contributed by atoms with Crippen molar-refractivity contribution in [2.75, 3.05) is 19.6 Å². The van der Waals surface area contributed by atoms with Gasteiger partial charge >= 0.3 is 0 Å². The van der Waals surface area contributed by atoms with Crippen LogP contribution in [0.15, 0.2) is 29.3 Å². The van der Waals surface area contributed by atoms with Gasteiger partial charge in [0.2, 0.25) is 5.91 Å². The van der Waals surface area contributed by atoms with E-state index >= 15 is 0 Å². The van der Waals surface area contributed by atoms with Gasteiger partial charge in [0.25, 0.3) is 0 Å². The van der Waals surface area contributed by atoms with Gasteiger partial charge in [0.15, 0.2) is 5.96 Å². The highest BCUT2D eigenvalue weighted by Gasteiger charge is 2.20. The van der Waals surface area contributed by atoms with E-state index in [9.17, 15) is 4.79 Å². The van der Waals surface area contributed by atoms with E-state index in [0.29, 0.717) is 19.0 Å². The van der Waals surface area contributed by atoms with Gasteiger partial charge in [-0.15, -0.1) is 0 Å². The Morgan fingerprint density at radius 3 is 2.77 bits per heavy atom. The summed E-state index contributed by atoms with van der Waals surface area (Å²) in [5, 5.41) is 6.84. The fraction of sp³-hybridized carbons (Fsp3) is 0.619. The number of guanidine groups is 1. The minimum Gasteiger partial charge on any atom is -0.357 e. The molecule has 0 atom stereocenters. The number of aliphatic imine (C=N–C) groups is 1. The Hall–Kier alpha value is -2.04. The molecule has 142 valence electrons. The average Bonchev–Trinajstić information content (AvgIpc) is 3.17. The van der Waals surface area contributed by atoms with E-state index in [1.807, 2.05) is 4.90 Å². The lowest BCUT2D eigenvalue weighted by Gasteiger charge is -2.28. The maximum absolute atomic E-state index is 12.5. The van der Waals surface area contributed by atoms with Gasteiger partial charge in [-0.3, -0.25) is 9.79 Å². The molecular formula is C21H32N4O. The molecule has 1 aliphatic heterocycles. The molecule has 3 rings (SSSR count). The lowest BCUT2D eigenvalue weighted by molar-refractivity contribution is -0.132. The third-order valence-electron chi connectivity index (χ3n) is 5.34. The van der Waals surface area contributed by atoms with Crippen LogP contribution in [0.25, 0.3) is 0 Å². The summed E-state index contributed by atoms with van der Waals surface area (Å²) in [6.45, 7) is 5.24. The minimum atomic E-state index is 0.253. The van der Waals surface area contributed by atoms with Crippen LogP contribution in [0.4, 0.5) is 0 Å². The normalized spacial score (nSPS) is 17.9. The number of hydrogen-bond acceptors (Lipinski definition) is 2. The second-order valence-electron chi connectivity index (χ2n) is 7.32. The van der Waals surface area contributed by atoms with Gasteiger partial charge in [-0.1, -0.05) is 37.1 Å². The van der Waals surface area contributed by atoms with E-state index in [1.165, 1.54) is 36.8 Å². The maximum Gasteiger partial charge on any atom is 0.222 e. The van der Waals surface area contributed by atoms with Crippen molar-refractivity contribution in [2.45, 2.75) is 64.5 Å². The molecule has 5 nitrogen and oxygen atoms in total. The number of nitrogens with zero attached hydrogens (tertiary/aromatic N) is 2. The Balaban J connectivity index is 1.42. The van der Waals surface area contributed by atoms with Crippen LogP contribution < -0.4 is 10.6 Å². The number of hydrogen-bond donors (Lipinski definition) is 2. The first-order valence-electron chi connectivity index (χ1n) is 10.2. The van der Waals surface area contributed by atoms with Crippen molar-refractivity contribution >= 4 is 11.9 Å². The Morgan fingerprint density at radius 1 is 1.23 bits per heavy atom. The van der Waals surface area contributed by atoms with Crippen LogP contribution in [0.1, 0.15) is 56.6 Å². The zero-order chi connectivity index (χ0) is 18.2. The van der Waals surface area contributed by atoms with Crippen LogP contribution in [-0.2, 0) is 17.8 Å². The van der Waals surface area contributed by atoms with Crippen molar-refractivity contribution in [3.63, 3.8) is 0 Å². The summed E-state index contributed by atoms with van der Waals surface area (Å²) in [4.78, 5) is 19.2. The van der Waals surface area contributed by atoms with E-state index in [0.717, 1.165) is 38.4 Å². The summed E-state index contributed by atoms with van der Waals surface area (Å²) >= 11 is 0. The minimum absolute atomic E-state index is 0.253. The molecule has 1 saturated carbocycles. The highest BCUT2D eigenvalue weighted by molar-refractivity contribution is 5.80. The maximum atomic E-state index is 12.5. The predicted molar refractivity (Wildman–Crippen MR) is 106 cm³/mol. The molecular weight excluding hydrogens is 324 g/mol. The summed E-state index contributed by atoms with van der Waals surface area (Å²) in [7, 11) is 0. The van der Waals surface area contributed by atoms with Crippen molar-refractivity contribution < 1.29 is 4.79 Å². The van der Waals surface area contributed by atoms with Gasteiger partial charge < -0.3 is 15.5 Å². The van der Waals surface area contributed by atoms with Crippen LogP contribution in [-0.4, -0.2) is 42.4 Å².